The van der Waals surface area contributed by atoms with Gasteiger partial charge in [-0.2, -0.15) is 0 Å². The van der Waals surface area contributed by atoms with Gasteiger partial charge in [0.05, 0.1) is 25.2 Å². The molecule has 0 aliphatic carbocycles. The zero-order chi connectivity index (χ0) is 12.0. The van der Waals surface area contributed by atoms with E-state index >= 15 is 0 Å². The highest BCUT2D eigenvalue weighted by Gasteiger charge is 2.02. The van der Waals surface area contributed by atoms with Gasteiger partial charge in [0.2, 0.25) is 0 Å². The van der Waals surface area contributed by atoms with Crippen molar-refractivity contribution in [3.63, 3.8) is 0 Å². The van der Waals surface area contributed by atoms with E-state index in [9.17, 15) is 4.79 Å². The molecule has 0 amide bonds. The number of benzene rings is 1. The summed E-state index contributed by atoms with van der Waals surface area (Å²) in [6.07, 6.45) is 0. The summed E-state index contributed by atoms with van der Waals surface area (Å²) in [4.78, 5) is 10.9. The number of carbonyl (C=O) groups excluding carboxylic acids is 1. The second-order valence-electron chi connectivity index (χ2n) is 3.15. The zero-order valence-electron chi connectivity index (χ0n) is 9.25. The number of hydrogen-bond donors (Lipinski definition) is 1. The van der Waals surface area contributed by atoms with Gasteiger partial charge in [-0.15, -0.1) is 0 Å². The van der Waals surface area contributed by atoms with E-state index in [1.54, 1.807) is 7.11 Å². The maximum Gasteiger partial charge on any atom is 0.319 e. The van der Waals surface area contributed by atoms with E-state index in [-0.39, 0.29) is 12.5 Å². The zero-order valence-corrected chi connectivity index (χ0v) is 10.8. The van der Waals surface area contributed by atoms with Crippen molar-refractivity contribution in [3.8, 4) is 5.75 Å². The van der Waals surface area contributed by atoms with Crippen LogP contribution in [0, 0.1) is 0 Å². The molecule has 1 aromatic rings. The van der Waals surface area contributed by atoms with E-state index in [0.29, 0.717) is 6.54 Å². The molecule has 0 atom stereocenters. The van der Waals surface area contributed by atoms with Crippen LogP contribution in [-0.4, -0.2) is 26.7 Å². The van der Waals surface area contributed by atoms with Crippen molar-refractivity contribution in [1.29, 1.82) is 0 Å². The van der Waals surface area contributed by atoms with Gasteiger partial charge >= 0.3 is 5.97 Å². The van der Waals surface area contributed by atoms with Crippen molar-refractivity contribution in [1.82, 2.24) is 5.32 Å². The third-order valence-electron chi connectivity index (χ3n) is 2.04. The molecule has 4 nitrogen and oxygen atoms in total. The molecule has 0 aliphatic rings. The molecular formula is C11H14BrNO3. The Morgan fingerprint density at radius 1 is 1.44 bits per heavy atom. The van der Waals surface area contributed by atoms with Crippen LogP contribution in [0.4, 0.5) is 0 Å². The highest BCUT2D eigenvalue weighted by molar-refractivity contribution is 9.10. The predicted molar refractivity (Wildman–Crippen MR) is 64.4 cm³/mol. The molecule has 0 radical (unpaired) electrons. The summed E-state index contributed by atoms with van der Waals surface area (Å²) in [5.41, 5.74) is 1.07. The van der Waals surface area contributed by atoms with Gasteiger partial charge in [0.25, 0.3) is 0 Å². The van der Waals surface area contributed by atoms with Crippen LogP contribution in [0.2, 0.25) is 0 Å². The van der Waals surface area contributed by atoms with E-state index in [1.807, 2.05) is 18.2 Å². The van der Waals surface area contributed by atoms with Crippen LogP contribution in [0.3, 0.4) is 0 Å². The van der Waals surface area contributed by atoms with Gasteiger partial charge in [-0.05, 0) is 33.6 Å². The Balaban J connectivity index is 2.49. The average molecular weight is 288 g/mol. The summed E-state index contributed by atoms with van der Waals surface area (Å²) >= 11 is 3.40. The summed E-state index contributed by atoms with van der Waals surface area (Å²) in [6, 6.07) is 5.76. The molecule has 0 heterocycles. The third-order valence-corrected chi connectivity index (χ3v) is 2.66. The third kappa shape index (κ3) is 3.83. The van der Waals surface area contributed by atoms with Gasteiger partial charge in [0, 0.05) is 6.54 Å². The second-order valence-corrected chi connectivity index (χ2v) is 4.00. The predicted octanol–water partition coefficient (Wildman–Crippen LogP) is 1.72. The number of carbonyl (C=O) groups is 1. The Kier molecular flexibility index (Phi) is 5.28. The molecule has 16 heavy (non-hydrogen) atoms. The van der Waals surface area contributed by atoms with Gasteiger partial charge in [-0.3, -0.25) is 4.79 Å². The van der Waals surface area contributed by atoms with Crippen LogP contribution in [0.5, 0.6) is 5.75 Å². The fourth-order valence-corrected chi connectivity index (χ4v) is 1.79. The molecule has 1 aromatic carbocycles. The minimum absolute atomic E-state index is 0.208. The average Bonchev–Trinajstić information content (AvgIpc) is 2.29. The maximum absolute atomic E-state index is 10.9. The van der Waals surface area contributed by atoms with E-state index in [1.165, 1.54) is 7.11 Å². The number of rotatable bonds is 5. The molecule has 88 valence electrons. The SMILES string of the molecule is COC(=O)CNCc1ccc(OC)c(Br)c1. The molecule has 0 aliphatic heterocycles. The van der Waals surface area contributed by atoms with Crippen molar-refractivity contribution in [2.24, 2.45) is 0 Å². The van der Waals surface area contributed by atoms with Crippen molar-refractivity contribution >= 4 is 21.9 Å². The monoisotopic (exact) mass is 287 g/mol. The van der Waals surface area contributed by atoms with Crippen molar-refractivity contribution < 1.29 is 14.3 Å². The Morgan fingerprint density at radius 3 is 2.75 bits per heavy atom. The fourth-order valence-electron chi connectivity index (χ4n) is 1.20. The van der Waals surface area contributed by atoms with Gasteiger partial charge in [0.15, 0.2) is 0 Å². The minimum Gasteiger partial charge on any atom is -0.496 e. The number of esters is 1. The molecule has 0 fully saturated rings. The number of halogens is 1. The van der Waals surface area contributed by atoms with Gasteiger partial charge in [0.1, 0.15) is 5.75 Å². The van der Waals surface area contributed by atoms with E-state index < -0.39 is 0 Å². The summed E-state index contributed by atoms with van der Waals surface area (Å²) in [7, 11) is 2.99. The summed E-state index contributed by atoms with van der Waals surface area (Å²) < 4.78 is 10.5. The van der Waals surface area contributed by atoms with Gasteiger partial charge < -0.3 is 14.8 Å². The second kappa shape index (κ2) is 6.50. The Labute approximate surface area is 103 Å². The van der Waals surface area contributed by atoms with Crippen LogP contribution < -0.4 is 10.1 Å². The lowest BCUT2D eigenvalue weighted by molar-refractivity contribution is -0.139. The molecule has 0 saturated carbocycles. The van der Waals surface area contributed by atoms with E-state index in [0.717, 1.165) is 15.8 Å². The van der Waals surface area contributed by atoms with Crippen LogP contribution >= 0.6 is 15.9 Å². The van der Waals surface area contributed by atoms with E-state index in [2.05, 4.69) is 26.0 Å². The first-order valence-electron chi connectivity index (χ1n) is 4.77. The lowest BCUT2D eigenvalue weighted by atomic mass is 10.2. The topological polar surface area (TPSA) is 47.6 Å². The first-order chi connectivity index (χ1) is 7.67. The largest absolute Gasteiger partial charge is 0.496 e. The Morgan fingerprint density at radius 2 is 2.19 bits per heavy atom. The fraction of sp³-hybridized carbons (Fsp3) is 0.364. The first kappa shape index (κ1) is 13.0. The van der Waals surface area contributed by atoms with Crippen molar-refractivity contribution in [2.45, 2.75) is 6.54 Å². The van der Waals surface area contributed by atoms with Gasteiger partial charge in [-0.25, -0.2) is 0 Å². The molecule has 0 aromatic heterocycles. The summed E-state index contributed by atoms with van der Waals surface area (Å²) in [5, 5.41) is 2.98. The number of hydrogen-bond acceptors (Lipinski definition) is 4. The molecule has 1 N–H and O–H groups in total. The van der Waals surface area contributed by atoms with Crippen LogP contribution in [0.15, 0.2) is 22.7 Å². The molecule has 0 saturated heterocycles. The lowest BCUT2D eigenvalue weighted by Gasteiger charge is -2.07. The quantitative estimate of drug-likeness (QED) is 0.838. The normalized spacial score (nSPS) is 9.94. The maximum atomic E-state index is 10.9. The smallest absolute Gasteiger partial charge is 0.319 e. The molecule has 0 bridgehead atoms. The molecule has 0 unspecified atom stereocenters. The van der Waals surface area contributed by atoms with Crippen LogP contribution in [0.1, 0.15) is 5.56 Å². The summed E-state index contributed by atoms with van der Waals surface area (Å²) in [5.74, 6) is 0.518. The Bertz CT molecular complexity index is 368. The summed E-state index contributed by atoms with van der Waals surface area (Å²) in [6.45, 7) is 0.817. The van der Waals surface area contributed by atoms with Crippen LogP contribution in [-0.2, 0) is 16.1 Å². The number of methoxy groups -OCH3 is 2. The van der Waals surface area contributed by atoms with Crippen LogP contribution in [0.25, 0.3) is 0 Å². The first-order valence-corrected chi connectivity index (χ1v) is 5.56. The highest BCUT2D eigenvalue weighted by Crippen LogP contribution is 2.25. The number of nitrogens with one attached hydrogen (secondary N) is 1. The molecule has 1 rings (SSSR count). The molecule has 5 heteroatoms. The highest BCUT2D eigenvalue weighted by atomic mass is 79.9. The standard InChI is InChI=1S/C11H14BrNO3/c1-15-10-4-3-8(5-9(10)12)6-13-7-11(14)16-2/h3-5,13H,6-7H2,1-2H3. The Hall–Kier alpha value is -1.07. The molecule has 0 spiro atoms. The molecular weight excluding hydrogens is 274 g/mol. The number of ether oxygens (including phenoxy) is 2. The van der Waals surface area contributed by atoms with Crippen molar-refractivity contribution in [2.75, 3.05) is 20.8 Å². The minimum atomic E-state index is -0.271. The van der Waals surface area contributed by atoms with E-state index in [4.69, 9.17) is 4.74 Å². The lowest BCUT2D eigenvalue weighted by Crippen LogP contribution is -2.23. The van der Waals surface area contributed by atoms with Crippen molar-refractivity contribution in [3.05, 3.63) is 28.2 Å². The van der Waals surface area contributed by atoms with Gasteiger partial charge in [-0.1, -0.05) is 6.07 Å².